The monoisotopic (exact) mass is 189 g/mol. The van der Waals surface area contributed by atoms with E-state index in [-0.39, 0.29) is 12.7 Å². The fourth-order valence-electron chi connectivity index (χ4n) is 1.07. The average molecular weight is 189 g/mol. The Hall–Kier alpha value is -0.610. The van der Waals surface area contributed by atoms with Crippen LogP contribution in [0.1, 0.15) is 27.2 Å². The molecular formula is C9H19NO3. The van der Waals surface area contributed by atoms with E-state index in [1.165, 1.54) is 0 Å². The second-order valence-corrected chi connectivity index (χ2v) is 3.72. The van der Waals surface area contributed by atoms with Crippen LogP contribution in [0.3, 0.4) is 0 Å². The minimum Gasteiger partial charge on any atom is -0.480 e. The fraction of sp³-hybridized carbons (Fsp3) is 0.889. The molecule has 0 heterocycles. The number of ether oxygens (including phenoxy) is 1. The Labute approximate surface area is 79.1 Å². The van der Waals surface area contributed by atoms with Gasteiger partial charge in [-0.25, -0.2) is 0 Å². The Bertz CT molecular complexity index is 159. The third-order valence-corrected chi connectivity index (χ3v) is 1.68. The summed E-state index contributed by atoms with van der Waals surface area (Å²) < 4.78 is 5.27. The summed E-state index contributed by atoms with van der Waals surface area (Å²) in [7, 11) is 0. The highest BCUT2D eigenvalue weighted by Gasteiger charge is 2.13. The third kappa shape index (κ3) is 6.54. The van der Waals surface area contributed by atoms with Crippen molar-refractivity contribution in [3.8, 4) is 0 Å². The molecule has 0 aromatic carbocycles. The van der Waals surface area contributed by atoms with Gasteiger partial charge in [0, 0.05) is 0 Å². The minimum atomic E-state index is -1.02. The molecule has 0 aromatic rings. The molecule has 2 unspecified atom stereocenters. The Morgan fingerprint density at radius 2 is 2.00 bits per heavy atom. The number of hydrogen-bond acceptors (Lipinski definition) is 3. The first-order valence-electron chi connectivity index (χ1n) is 4.53. The summed E-state index contributed by atoms with van der Waals surface area (Å²) in [4.78, 5) is 10.3. The fourth-order valence-corrected chi connectivity index (χ4v) is 1.07. The van der Waals surface area contributed by atoms with E-state index in [1.54, 1.807) is 0 Å². The van der Waals surface area contributed by atoms with Gasteiger partial charge in [-0.15, -0.1) is 0 Å². The number of rotatable bonds is 6. The third-order valence-electron chi connectivity index (χ3n) is 1.68. The zero-order valence-corrected chi connectivity index (χ0v) is 8.49. The molecule has 0 bridgehead atoms. The summed E-state index contributed by atoms with van der Waals surface area (Å²) in [5, 5.41) is 8.47. The van der Waals surface area contributed by atoms with Gasteiger partial charge in [-0.05, 0) is 19.3 Å². The molecule has 4 nitrogen and oxygen atoms in total. The predicted octanol–water partition coefficient (Wildman–Crippen LogP) is 0.849. The smallest absolute Gasteiger partial charge is 0.322 e. The maximum Gasteiger partial charge on any atom is 0.322 e. The van der Waals surface area contributed by atoms with Crippen molar-refractivity contribution < 1.29 is 14.6 Å². The summed E-state index contributed by atoms with van der Waals surface area (Å²) in [6.07, 6.45) is 0.997. The standard InChI is InChI=1S/C9H19NO3/c1-6(2)4-7(3)13-5-8(10)9(11)12/h6-8H,4-5,10H2,1-3H3,(H,11,12). The van der Waals surface area contributed by atoms with Crippen molar-refractivity contribution >= 4 is 5.97 Å². The first-order valence-corrected chi connectivity index (χ1v) is 4.53. The first-order chi connectivity index (χ1) is 5.93. The molecule has 0 saturated carbocycles. The first kappa shape index (κ1) is 12.4. The molecule has 0 saturated heterocycles. The number of carbonyl (C=O) groups is 1. The van der Waals surface area contributed by atoms with Crippen molar-refractivity contribution in [3.05, 3.63) is 0 Å². The van der Waals surface area contributed by atoms with Gasteiger partial charge < -0.3 is 15.6 Å². The highest BCUT2D eigenvalue weighted by molar-refractivity contribution is 5.73. The van der Waals surface area contributed by atoms with E-state index in [0.717, 1.165) is 6.42 Å². The highest BCUT2D eigenvalue weighted by Crippen LogP contribution is 2.07. The van der Waals surface area contributed by atoms with Crippen molar-refractivity contribution in [3.63, 3.8) is 0 Å². The molecule has 2 atom stereocenters. The van der Waals surface area contributed by atoms with Crippen LogP contribution >= 0.6 is 0 Å². The highest BCUT2D eigenvalue weighted by atomic mass is 16.5. The molecule has 0 fully saturated rings. The summed E-state index contributed by atoms with van der Waals surface area (Å²) in [6.45, 7) is 6.20. The van der Waals surface area contributed by atoms with E-state index in [4.69, 9.17) is 15.6 Å². The Kier molecular flexibility index (Phi) is 5.66. The maximum atomic E-state index is 10.3. The molecule has 0 aliphatic rings. The van der Waals surface area contributed by atoms with Gasteiger partial charge in [0.05, 0.1) is 12.7 Å². The summed E-state index contributed by atoms with van der Waals surface area (Å²) >= 11 is 0. The number of aliphatic carboxylic acids is 1. The topological polar surface area (TPSA) is 72.5 Å². The van der Waals surface area contributed by atoms with Crippen LogP contribution in [0.15, 0.2) is 0 Å². The Morgan fingerprint density at radius 3 is 2.38 bits per heavy atom. The Morgan fingerprint density at radius 1 is 1.46 bits per heavy atom. The minimum absolute atomic E-state index is 0.0744. The lowest BCUT2D eigenvalue weighted by molar-refractivity contribution is -0.140. The summed E-state index contributed by atoms with van der Waals surface area (Å²) in [6, 6.07) is -0.908. The van der Waals surface area contributed by atoms with Crippen molar-refractivity contribution in [2.45, 2.75) is 39.3 Å². The molecule has 0 spiro atoms. The predicted molar refractivity (Wildman–Crippen MR) is 50.5 cm³/mol. The second-order valence-electron chi connectivity index (χ2n) is 3.72. The van der Waals surface area contributed by atoms with Crippen LogP contribution in [0.25, 0.3) is 0 Å². The molecule has 4 heteroatoms. The Balaban J connectivity index is 3.57. The lowest BCUT2D eigenvalue weighted by atomic mass is 10.1. The van der Waals surface area contributed by atoms with E-state index < -0.39 is 12.0 Å². The molecule has 0 aliphatic heterocycles. The van der Waals surface area contributed by atoms with E-state index >= 15 is 0 Å². The van der Waals surface area contributed by atoms with Crippen LogP contribution in [0, 0.1) is 5.92 Å². The van der Waals surface area contributed by atoms with Gasteiger partial charge >= 0.3 is 5.97 Å². The summed E-state index contributed by atoms with van der Waals surface area (Å²) in [5.74, 6) is -0.465. The number of hydrogen-bond donors (Lipinski definition) is 2. The van der Waals surface area contributed by atoms with E-state index in [1.807, 2.05) is 6.92 Å². The number of carboxylic acid groups (broad SMARTS) is 1. The van der Waals surface area contributed by atoms with Gasteiger partial charge in [0.1, 0.15) is 6.04 Å². The van der Waals surface area contributed by atoms with Crippen LogP contribution in [0.4, 0.5) is 0 Å². The SMILES string of the molecule is CC(C)CC(C)OCC(N)C(=O)O. The number of nitrogens with two attached hydrogens (primary N) is 1. The molecule has 0 aromatic heterocycles. The lowest BCUT2D eigenvalue weighted by Crippen LogP contribution is -2.36. The van der Waals surface area contributed by atoms with Gasteiger partial charge in [-0.3, -0.25) is 4.79 Å². The molecular weight excluding hydrogens is 170 g/mol. The molecule has 0 rings (SSSR count). The van der Waals surface area contributed by atoms with Crippen LogP contribution < -0.4 is 5.73 Å². The molecule has 13 heavy (non-hydrogen) atoms. The zero-order valence-electron chi connectivity index (χ0n) is 8.49. The molecule has 0 radical (unpaired) electrons. The van der Waals surface area contributed by atoms with E-state index in [0.29, 0.717) is 5.92 Å². The van der Waals surface area contributed by atoms with Gasteiger partial charge in [0.2, 0.25) is 0 Å². The zero-order chi connectivity index (χ0) is 10.4. The largest absolute Gasteiger partial charge is 0.480 e. The van der Waals surface area contributed by atoms with Crippen molar-refractivity contribution in [1.82, 2.24) is 0 Å². The average Bonchev–Trinajstić information content (AvgIpc) is 1.98. The number of carboxylic acids is 1. The molecule has 3 N–H and O–H groups in total. The van der Waals surface area contributed by atoms with Gasteiger partial charge in [-0.2, -0.15) is 0 Å². The molecule has 0 aliphatic carbocycles. The molecule has 78 valence electrons. The van der Waals surface area contributed by atoms with Crippen LogP contribution in [0.5, 0.6) is 0 Å². The quantitative estimate of drug-likeness (QED) is 0.649. The second kappa shape index (κ2) is 5.94. The van der Waals surface area contributed by atoms with Crippen molar-refractivity contribution in [1.29, 1.82) is 0 Å². The van der Waals surface area contributed by atoms with E-state index in [9.17, 15) is 4.79 Å². The summed E-state index contributed by atoms with van der Waals surface area (Å²) in [5.41, 5.74) is 5.27. The van der Waals surface area contributed by atoms with Crippen LogP contribution in [0.2, 0.25) is 0 Å². The lowest BCUT2D eigenvalue weighted by Gasteiger charge is -2.16. The van der Waals surface area contributed by atoms with Gasteiger partial charge in [0.25, 0.3) is 0 Å². The normalized spacial score (nSPS) is 15.8. The van der Waals surface area contributed by atoms with E-state index in [2.05, 4.69) is 13.8 Å². The van der Waals surface area contributed by atoms with Crippen LogP contribution in [-0.4, -0.2) is 29.8 Å². The maximum absolute atomic E-state index is 10.3. The van der Waals surface area contributed by atoms with Crippen molar-refractivity contribution in [2.75, 3.05) is 6.61 Å². The van der Waals surface area contributed by atoms with Crippen LogP contribution in [-0.2, 0) is 9.53 Å². The van der Waals surface area contributed by atoms with Gasteiger partial charge in [-0.1, -0.05) is 13.8 Å². The van der Waals surface area contributed by atoms with Gasteiger partial charge in [0.15, 0.2) is 0 Å². The molecule has 0 amide bonds. The van der Waals surface area contributed by atoms with Crippen molar-refractivity contribution in [2.24, 2.45) is 11.7 Å².